The van der Waals surface area contributed by atoms with E-state index < -0.39 is 12.0 Å². The third-order valence-corrected chi connectivity index (χ3v) is 6.23. The van der Waals surface area contributed by atoms with Crippen molar-refractivity contribution in [1.29, 1.82) is 0 Å². The van der Waals surface area contributed by atoms with Crippen LogP contribution in [0.15, 0.2) is 36.8 Å². The molecular weight excluding hydrogens is 420 g/mol. The molecule has 1 fully saturated rings. The minimum Gasteiger partial charge on any atom is -0.480 e. The lowest BCUT2D eigenvalue weighted by Crippen LogP contribution is -2.54. The normalized spacial score (nSPS) is 20.4. The molecule has 2 aliphatic rings. The average Bonchev–Trinajstić information content (AvgIpc) is 2.84. The van der Waals surface area contributed by atoms with Crippen LogP contribution in [0.1, 0.15) is 29.9 Å². The lowest BCUT2D eigenvalue weighted by molar-refractivity contribution is -0.139. The summed E-state index contributed by atoms with van der Waals surface area (Å²) in [5.41, 5.74) is 3.98. The minimum atomic E-state index is -0.827. The van der Waals surface area contributed by atoms with Crippen molar-refractivity contribution in [2.45, 2.75) is 32.4 Å². The standard InChI is InChI=1S/C23H26N8O2/c1-14-10-16(30-9-7-24-19(13-30)23(32)33)11-20(28-14)31-8-4-18-17(15(31)2)12-27-22(29-18)21-25-5-3-6-26-21/h3,5-6,10-12,15,19,24H,4,7-9,13H2,1-2H3,(H,32,33). The molecule has 10 nitrogen and oxygen atoms in total. The number of aryl methyl sites for hydroxylation is 1. The van der Waals surface area contributed by atoms with E-state index in [1.807, 2.05) is 19.2 Å². The maximum atomic E-state index is 11.5. The van der Waals surface area contributed by atoms with E-state index in [1.54, 1.807) is 18.5 Å². The first kappa shape index (κ1) is 21.2. The van der Waals surface area contributed by atoms with Crippen molar-refractivity contribution in [3.8, 4) is 11.6 Å². The minimum absolute atomic E-state index is 0.0523. The zero-order chi connectivity index (χ0) is 22.9. The Morgan fingerprint density at radius 3 is 2.73 bits per heavy atom. The molecule has 0 saturated carbocycles. The monoisotopic (exact) mass is 446 g/mol. The molecule has 0 spiro atoms. The smallest absolute Gasteiger partial charge is 0.322 e. The van der Waals surface area contributed by atoms with Crippen LogP contribution in [0.2, 0.25) is 0 Å². The molecule has 5 heterocycles. The summed E-state index contributed by atoms with van der Waals surface area (Å²) >= 11 is 0. The number of hydrogen-bond acceptors (Lipinski definition) is 9. The van der Waals surface area contributed by atoms with E-state index in [9.17, 15) is 9.90 Å². The van der Waals surface area contributed by atoms with Gasteiger partial charge in [-0.15, -0.1) is 0 Å². The van der Waals surface area contributed by atoms with E-state index in [1.165, 1.54) is 0 Å². The number of aliphatic carboxylic acids is 1. The van der Waals surface area contributed by atoms with Gasteiger partial charge in [0.2, 0.25) is 0 Å². The second kappa shape index (κ2) is 8.70. The molecule has 170 valence electrons. The van der Waals surface area contributed by atoms with Crippen LogP contribution >= 0.6 is 0 Å². The van der Waals surface area contributed by atoms with Gasteiger partial charge >= 0.3 is 5.97 Å². The van der Waals surface area contributed by atoms with Gasteiger partial charge in [-0.05, 0) is 26.0 Å². The molecule has 3 aromatic heterocycles. The van der Waals surface area contributed by atoms with Gasteiger partial charge in [0, 0.05) is 74.2 Å². The Morgan fingerprint density at radius 1 is 1.12 bits per heavy atom. The Labute approximate surface area is 191 Å². The summed E-state index contributed by atoms with van der Waals surface area (Å²) in [6, 6.07) is 5.33. The van der Waals surface area contributed by atoms with Crippen LogP contribution in [-0.2, 0) is 11.2 Å². The number of carbonyl (C=O) groups is 1. The van der Waals surface area contributed by atoms with E-state index in [2.05, 4.69) is 43.1 Å². The van der Waals surface area contributed by atoms with Crippen LogP contribution in [0.25, 0.3) is 11.6 Å². The van der Waals surface area contributed by atoms with Gasteiger partial charge in [-0.1, -0.05) is 0 Å². The summed E-state index contributed by atoms with van der Waals surface area (Å²) in [5, 5.41) is 12.5. The topological polar surface area (TPSA) is 120 Å². The number of aromatic nitrogens is 5. The molecule has 10 heteroatoms. The molecule has 1 saturated heterocycles. The number of piperazine rings is 1. The number of anilines is 2. The van der Waals surface area contributed by atoms with Gasteiger partial charge in [0.15, 0.2) is 11.6 Å². The molecule has 0 radical (unpaired) electrons. The maximum Gasteiger partial charge on any atom is 0.322 e. The number of carboxylic acids is 1. The predicted molar refractivity (Wildman–Crippen MR) is 123 cm³/mol. The second-order valence-electron chi connectivity index (χ2n) is 8.40. The Morgan fingerprint density at radius 2 is 1.94 bits per heavy atom. The number of fused-ring (bicyclic) bond motifs is 1. The first-order chi connectivity index (χ1) is 16.0. The number of hydrogen-bond donors (Lipinski definition) is 2. The number of pyridine rings is 1. The fourth-order valence-corrected chi connectivity index (χ4v) is 4.51. The lowest BCUT2D eigenvalue weighted by atomic mass is 9.99. The van der Waals surface area contributed by atoms with Gasteiger partial charge in [0.1, 0.15) is 11.9 Å². The van der Waals surface area contributed by atoms with E-state index in [0.717, 1.165) is 48.0 Å². The molecule has 2 atom stereocenters. The summed E-state index contributed by atoms with van der Waals surface area (Å²) in [7, 11) is 0. The fourth-order valence-electron chi connectivity index (χ4n) is 4.51. The van der Waals surface area contributed by atoms with Gasteiger partial charge in [-0.2, -0.15) is 0 Å². The van der Waals surface area contributed by atoms with Crippen molar-refractivity contribution in [2.24, 2.45) is 0 Å². The lowest BCUT2D eigenvalue weighted by Gasteiger charge is -2.37. The summed E-state index contributed by atoms with van der Waals surface area (Å²) < 4.78 is 0. The van der Waals surface area contributed by atoms with Crippen molar-refractivity contribution < 1.29 is 9.90 Å². The summed E-state index contributed by atoms with van der Waals surface area (Å²) in [6.07, 6.45) is 6.01. The van der Waals surface area contributed by atoms with Gasteiger partial charge < -0.3 is 20.2 Å². The van der Waals surface area contributed by atoms with Gasteiger partial charge in [-0.3, -0.25) is 4.79 Å². The molecule has 0 bridgehead atoms. The van der Waals surface area contributed by atoms with Crippen LogP contribution in [0.4, 0.5) is 11.5 Å². The number of nitrogens with zero attached hydrogens (tertiary/aromatic N) is 7. The third kappa shape index (κ3) is 4.21. The molecular formula is C23H26N8O2. The van der Waals surface area contributed by atoms with E-state index in [-0.39, 0.29) is 6.04 Å². The largest absolute Gasteiger partial charge is 0.480 e. The van der Waals surface area contributed by atoms with Crippen LogP contribution in [0, 0.1) is 6.92 Å². The quantitative estimate of drug-likeness (QED) is 0.612. The van der Waals surface area contributed by atoms with Gasteiger partial charge in [-0.25, -0.2) is 24.9 Å². The first-order valence-corrected chi connectivity index (χ1v) is 11.1. The Hall–Kier alpha value is -3.66. The highest BCUT2D eigenvalue weighted by atomic mass is 16.4. The van der Waals surface area contributed by atoms with E-state index in [0.29, 0.717) is 24.7 Å². The SMILES string of the molecule is Cc1cc(N2CCNC(C(=O)O)C2)cc(N2CCc3nc(-c4ncccn4)ncc3C2C)n1. The van der Waals surface area contributed by atoms with Crippen molar-refractivity contribution >= 4 is 17.5 Å². The average molecular weight is 447 g/mol. The van der Waals surface area contributed by atoms with Crippen LogP contribution < -0.4 is 15.1 Å². The zero-order valence-corrected chi connectivity index (χ0v) is 18.6. The molecule has 0 aliphatic carbocycles. The Kier molecular flexibility index (Phi) is 5.59. The fraction of sp³-hybridized carbons (Fsp3) is 0.391. The van der Waals surface area contributed by atoms with E-state index in [4.69, 9.17) is 9.97 Å². The number of carboxylic acid groups (broad SMARTS) is 1. The van der Waals surface area contributed by atoms with Crippen LogP contribution in [-0.4, -0.2) is 68.2 Å². The molecule has 2 N–H and O–H groups in total. The molecule has 5 rings (SSSR count). The van der Waals surface area contributed by atoms with Crippen molar-refractivity contribution in [3.05, 3.63) is 53.7 Å². The number of nitrogens with one attached hydrogen (secondary N) is 1. The zero-order valence-electron chi connectivity index (χ0n) is 18.6. The van der Waals surface area contributed by atoms with Gasteiger partial charge in [0.25, 0.3) is 0 Å². The van der Waals surface area contributed by atoms with E-state index >= 15 is 0 Å². The Balaban J connectivity index is 1.41. The highest BCUT2D eigenvalue weighted by molar-refractivity contribution is 5.75. The molecule has 0 aromatic carbocycles. The molecule has 0 amide bonds. The molecule has 33 heavy (non-hydrogen) atoms. The van der Waals surface area contributed by atoms with Crippen molar-refractivity contribution in [2.75, 3.05) is 36.0 Å². The predicted octanol–water partition coefficient (Wildman–Crippen LogP) is 1.62. The second-order valence-corrected chi connectivity index (χ2v) is 8.40. The highest BCUT2D eigenvalue weighted by Gasteiger charge is 2.29. The maximum absolute atomic E-state index is 11.5. The highest BCUT2D eigenvalue weighted by Crippen LogP contribution is 2.34. The van der Waals surface area contributed by atoms with Gasteiger partial charge in [0.05, 0.1) is 11.7 Å². The van der Waals surface area contributed by atoms with Crippen molar-refractivity contribution in [1.82, 2.24) is 30.2 Å². The van der Waals surface area contributed by atoms with Crippen molar-refractivity contribution in [3.63, 3.8) is 0 Å². The molecule has 3 aromatic rings. The summed E-state index contributed by atoms with van der Waals surface area (Å²) in [6.45, 7) is 6.69. The molecule has 2 unspecified atom stereocenters. The summed E-state index contributed by atoms with van der Waals surface area (Å²) in [4.78, 5) is 38.4. The molecule has 2 aliphatic heterocycles. The third-order valence-electron chi connectivity index (χ3n) is 6.23. The summed E-state index contributed by atoms with van der Waals surface area (Å²) in [5.74, 6) is 1.12. The first-order valence-electron chi connectivity index (χ1n) is 11.1. The Bertz CT molecular complexity index is 1170. The van der Waals surface area contributed by atoms with Crippen LogP contribution in [0.5, 0.6) is 0 Å². The number of rotatable bonds is 4. The van der Waals surface area contributed by atoms with Crippen LogP contribution in [0.3, 0.4) is 0 Å².